The van der Waals surface area contributed by atoms with Gasteiger partial charge >= 0.3 is 5.97 Å². The third-order valence-electron chi connectivity index (χ3n) is 3.29. The van der Waals surface area contributed by atoms with Gasteiger partial charge in [0.15, 0.2) is 0 Å². The number of thiophene rings is 1. The Balaban J connectivity index is 2.18. The Bertz CT molecular complexity index is 623. The average Bonchev–Trinajstić information content (AvgIpc) is 2.97. The summed E-state index contributed by atoms with van der Waals surface area (Å²) in [4.78, 5) is 18.5. The quantitative estimate of drug-likeness (QED) is 0.832. The van der Waals surface area contributed by atoms with Gasteiger partial charge in [-0.05, 0) is 36.6 Å². The summed E-state index contributed by atoms with van der Waals surface area (Å²) in [6.07, 6.45) is 5.38. The first kappa shape index (κ1) is 15.3. The fourth-order valence-corrected chi connectivity index (χ4v) is 2.89. The Morgan fingerprint density at radius 2 is 2.29 bits per heavy atom. The number of pyridine rings is 1. The fourth-order valence-electron chi connectivity index (χ4n) is 2.06. The summed E-state index contributed by atoms with van der Waals surface area (Å²) in [6, 6.07) is 8.13. The van der Waals surface area contributed by atoms with Gasteiger partial charge in [0.05, 0.1) is 0 Å². The molecule has 0 bridgehead atoms. The Morgan fingerprint density at radius 3 is 2.95 bits per heavy atom. The lowest BCUT2D eigenvalue weighted by atomic mass is 10.1. The first-order valence-electron chi connectivity index (χ1n) is 6.69. The van der Waals surface area contributed by atoms with Crippen LogP contribution in [0.2, 0.25) is 0 Å². The van der Waals surface area contributed by atoms with Crippen molar-refractivity contribution >= 4 is 29.2 Å². The van der Waals surface area contributed by atoms with Crippen LogP contribution < -0.4 is 4.90 Å². The molecule has 0 radical (unpaired) electrons. The number of likely N-dealkylation sites (N-methyl/N-ethyl adjacent to an activating group) is 1. The van der Waals surface area contributed by atoms with E-state index in [1.54, 1.807) is 23.6 Å². The number of carbonyl (C=O) groups is 1. The van der Waals surface area contributed by atoms with Gasteiger partial charge in [0.1, 0.15) is 5.82 Å². The molecule has 110 valence electrons. The molecular weight excluding hydrogens is 284 g/mol. The maximum Gasteiger partial charge on any atom is 0.328 e. The third-order valence-corrected chi connectivity index (χ3v) is 4.19. The van der Waals surface area contributed by atoms with Crippen LogP contribution in [0.5, 0.6) is 0 Å². The number of aromatic nitrogens is 1. The van der Waals surface area contributed by atoms with Crippen molar-refractivity contribution in [3.05, 3.63) is 52.4 Å². The lowest BCUT2D eigenvalue weighted by Gasteiger charge is -2.27. The van der Waals surface area contributed by atoms with E-state index in [1.807, 2.05) is 19.2 Å². The van der Waals surface area contributed by atoms with Crippen LogP contribution in [0.25, 0.3) is 6.08 Å². The van der Waals surface area contributed by atoms with Crippen molar-refractivity contribution in [2.45, 2.75) is 19.4 Å². The highest BCUT2D eigenvalue weighted by Gasteiger charge is 2.14. The van der Waals surface area contributed by atoms with E-state index in [2.05, 4.69) is 34.3 Å². The largest absolute Gasteiger partial charge is 0.478 e. The summed E-state index contributed by atoms with van der Waals surface area (Å²) in [5, 5.41) is 10.8. The second-order valence-electron chi connectivity index (χ2n) is 4.83. The topological polar surface area (TPSA) is 53.4 Å². The van der Waals surface area contributed by atoms with E-state index in [1.165, 1.54) is 4.88 Å². The number of nitrogens with zero attached hydrogens (tertiary/aromatic N) is 2. The molecule has 0 amide bonds. The zero-order valence-corrected chi connectivity index (χ0v) is 12.9. The molecule has 0 aliphatic rings. The number of aliphatic carboxylic acids is 1. The second-order valence-corrected chi connectivity index (χ2v) is 5.86. The molecule has 0 aliphatic heterocycles. The maximum atomic E-state index is 10.7. The number of hydrogen-bond acceptors (Lipinski definition) is 4. The SMILES string of the molecule is CC(Cc1cccs1)N(C)c1ncccc1/C=C/C(=O)O. The Kier molecular flexibility index (Phi) is 5.11. The molecule has 1 N–H and O–H groups in total. The van der Waals surface area contributed by atoms with Gasteiger partial charge in [-0.2, -0.15) is 0 Å². The molecule has 1 unspecified atom stereocenters. The number of carboxylic acid groups (broad SMARTS) is 1. The smallest absolute Gasteiger partial charge is 0.328 e. The standard InChI is InChI=1S/C16H18N2O2S/c1-12(11-14-6-4-10-21-14)18(2)16-13(5-3-9-17-16)7-8-15(19)20/h3-10,12H,11H2,1-2H3,(H,19,20)/b8-7+. The monoisotopic (exact) mass is 302 g/mol. The maximum absolute atomic E-state index is 10.7. The molecule has 2 rings (SSSR count). The Hall–Kier alpha value is -2.14. The summed E-state index contributed by atoms with van der Waals surface area (Å²) < 4.78 is 0. The molecule has 0 aromatic carbocycles. The molecule has 0 aliphatic carbocycles. The van der Waals surface area contributed by atoms with Gasteiger partial charge < -0.3 is 10.0 Å². The fraction of sp³-hybridized carbons (Fsp3) is 0.250. The van der Waals surface area contributed by atoms with E-state index in [0.717, 1.165) is 23.9 Å². The predicted molar refractivity (Wildman–Crippen MR) is 86.8 cm³/mol. The van der Waals surface area contributed by atoms with Gasteiger partial charge in [0.25, 0.3) is 0 Å². The number of anilines is 1. The number of carboxylic acids is 1. The summed E-state index contributed by atoms with van der Waals surface area (Å²) >= 11 is 1.74. The van der Waals surface area contributed by atoms with Crippen LogP contribution in [0.4, 0.5) is 5.82 Å². The molecule has 0 spiro atoms. The molecule has 5 heteroatoms. The minimum Gasteiger partial charge on any atom is -0.478 e. The van der Waals surface area contributed by atoms with Gasteiger partial charge in [0, 0.05) is 42.2 Å². The van der Waals surface area contributed by atoms with Gasteiger partial charge in [-0.1, -0.05) is 6.07 Å². The van der Waals surface area contributed by atoms with Gasteiger partial charge in [-0.25, -0.2) is 9.78 Å². The Labute approximate surface area is 128 Å². The van der Waals surface area contributed by atoms with Crippen molar-refractivity contribution in [2.75, 3.05) is 11.9 Å². The van der Waals surface area contributed by atoms with Gasteiger partial charge in [-0.15, -0.1) is 11.3 Å². The van der Waals surface area contributed by atoms with Crippen LogP contribution in [-0.4, -0.2) is 29.1 Å². The predicted octanol–water partition coefficient (Wildman–Crippen LogP) is 3.31. The van der Waals surface area contributed by atoms with E-state index in [-0.39, 0.29) is 6.04 Å². The molecule has 21 heavy (non-hydrogen) atoms. The van der Waals surface area contributed by atoms with Gasteiger partial charge in [-0.3, -0.25) is 0 Å². The van der Waals surface area contributed by atoms with Crippen LogP contribution in [0.15, 0.2) is 41.9 Å². The highest BCUT2D eigenvalue weighted by Crippen LogP contribution is 2.22. The van der Waals surface area contributed by atoms with Crippen LogP contribution in [0.1, 0.15) is 17.4 Å². The normalized spacial score (nSPS) is 12.5. The first-order chi connectivity index (χ1) is 10.1. The number of hydrogen-bond donors (Lipinski definition) is 1. The molecule has 0 fully saturated rings. The van der Waals surface area contributed by atoms with Crippen LogP contribution in [0.3, 0.4) is 0 Å². The van der Waals surface area contributed by atoms with Crippen molar-refractivity contribution in [1.29, 1.82) is 0 Å². The van der Waals surface area contributed by atoms with E-state index >= 15 is 0 Å². The first-order valence-corrected chi connectivity index (χ1v) is 7.57. The zero-order chi connectivity index (χ0) is 15.2. The molecule has 1 atom stereocenters. The van der Waals surface area contributed by atoms with Crippen molar-refractivity contribution in [3.8, 4) is 0 Å². The summed E-state index contributed by atoms with van der Waals surface area (Å²) in [7, 11) is 1.98. The minimum atomic E-state index is -0.959. The van der Waals surface area contributed by atoms with Gasteiger partial charge in [0.2, 0.25) is 0 Å². The minimum absolute atomic E-state index is 0.274. The third kappa shape index (κ3) is 4.16. The van der Waals surface area contributed by atoms with Crippen molar-refractivity contribution < 1.29 is 9.90 Å². The van der Waals surface area contributed by atoms with E-state index < -0.39 is 5.97 Å². The summed E-state index contributed by atoms with van der Waals surface area (Å²) in [5.41, 5.74) is 0.806. The van der Waals surface area contributed by atoms with Crippen LogP contribution in [0, 0.1) is 0 Å². The molecule has 2 aromatic rings. The summed E-state index contributed by atoms with van der Waals surface area (Å²) in [5.74, 6) is -0.168. The molecule has 4 nitrogen and oxygen atoms in total. The second kappa shape index (κ2) is 7.04. The molecule has 2 aromatic heterocycles. The molecule has 2 heterocycles. The van der Waals surface area contributed by atoms with E-state index in [0.29, 0.717) is 0 Å². The Morgan fingerprint density at radius 1 is 1.48 bits per heavy atom. The highest BCUT2D eigenvalue weighted by molar-refractivity contribution is 7.09. The van der Waals surface area contributed by atoms with Crippen molar-refractivity contribution in [1.82, 2.24) is 4.98 Å². The highest BCUT2D eigenvalue weighted by atomic mass is 32.1. The van der Waals surface area contributed by atoms with Crippen LogP contribution >= 0.6 is 11.3 Å². The zero-order valence-electron chi connectivity index (χ0n) is 12.1. The lowest BCUT2D eigenvalue weighted by Crippen LogP contribution is -2.31. The van der Waals surface area contributed by atoms with Crippen LogP contribution in [-0.2, 0) is 11.2 Å². The average molecular weight is 302 g/mol. The van der Waals surface area contributed by atoms with E-state index in [9.17, 15) is 4.79 Å². The lowest BCUT2D eigenvalue weighted by molar-refractivity contribution is -0.131. The van der Waals surface area contributed by atoms with Crippen molar-refractivity contribution in [3.63, 3.8) is 0 Å². The molecular formula is C16H18N2O2S. The number of rotatable bonds is 6. The summed E-state index contributed by atoms with van der Waals surface area (Å²) in [6.45, 7) is 2.14. The van der Waals surface area contributed by atoms with Crippen molar-refractivity contribution in [2.24, 2.45) is 0 Å². The molecule has 0 saturated carbocycles. The molecule has 0 saturated heterocycles. The van der Waals surface area contributed by atoms with E-state index in [4.69, 9.17) is 5.11 Å².